The van der Waals surface area contributed by atoms with Crippen LogP contribution >= 0.6 is 0 Å². The zero-order chi connectivity index (χ0) is 20.1. The maximum Gasteiger partial charge on any atom is 0.0578 e. The molecule has 1 nitrogen and oxygen atoms in total. The molecule has 1 heteroatoms. The average Bonchev–Trinajstić information content (AvgIpc) is 2.99. The Morgan fingerprint density at radius 3 is 2.57 bits per heavy atom. The molecule has 0 unspecified atom stereocenters. The summed E-state index contributed by atoms with van der Waals surface area (Å²) in [5, 5.41) is 10.2. The third-order valence-corrected chi connectivity index (χ3v) is 9.30. The number of rotatable bonds is 4. The van der Waals surface area contributed by atoms with Gasteiger partial charge in [-0.25, -0.2) is 0 Å². The Morgan fingerprint density at radius 1 is 1.04 bits per heavy atom. The van der Waals surface area contributed by atoms with Gasteiger partial charge in [-0.1, -0.05) is 70.1 Å². The average molecular weight is 383 g/mol. The van der Waals surface area contributed by atoms with Crippen LogP contribution in [0.3, 0.4) is 0 Å². The van der Waals surface area contributed by atoms with Crippen LogP contribution in [-0.4, -0.2) is 11.2 Å². The number of hydrogen-bond donors (Lipinski definition) is 1. The van der Waals surface area contributed by atoms with Crippen molar-refractivity contribution in [2.75, 3.05) is 0 Å². The predicted molar refractivity (Wildman–Crippen MR) is 119 cm³/mol. The SMILES string of the molecule is CC(C)CC=C[C@@H](C)[C@H]1CC[C@H]2C3=CC=C4C[C@@H](O)CC[C@]4(C)[C@H]3CC[C@]12C. The molecule has 28 heavy (non-hydrogen) atoms. The molecule has 7 atom stereocenters. The first-order valence-corrected chi connectivity index (χ1v) is 12.0. The molecule has 0 amide bonds. The van der Waals surface area contributed by atoms with Crippen molar-refractivity contribution in [3.8, 4) is 0 Å². The number of fused-ring (bicyclic) bond motifs is 5. The molecular formula is C27H42O. The Hall–Kier alpha value is -0.820. The highest BCUT2D eigenvalue weighted by Crippen LogP contribution is 2.65. The quantitative estimate of drug-likeness (QED) is 0.515. The third-order valence-electron chi connectivity index (χ3n) is 9.30. The summed E-state index contributed by atoms with van der Waals surface area (Å²) in [6, 6.07) is 0. The highest BCUT2D eigenvalue weighted by atomic mass is 16.3. The van der Waals surface area contributed by atoms with Crippen molar-refractivity contribution in [1.82, 2.24) is 0 Å². The Bertz CT molecular complexity index is 682. The van der Waals surface area contributed by atoms with Gasteiger partial charge in [-0.3, -0.25) is 0 Å². The van der Waals surface area contributed by atoms with E-state index in [0.29, 0.717) is 16.7 Å². The van der Waals surface area contributed by atoms with Crippen LogP contribution in [0.5, 0.6) is 0 Å². The van der Waals surface area contributed by atoms with E-state index >= 15 is 0 Å². The van der Waals surface area contributed by atoms with Crippen molar-refractivity contribution < 1.29 is 5.11 Å². The minimum Gasteiger partial charge on any atom is -0.393 e. The van der Waals surface area contributed by atoms with Crippen LogP contribution in [-0.2, 0) is 0 Å². The molecule has 0 bridgehead atoms. The summed E-state index contributed by atoms with van der Waals surface area (Å²) < 4.78 is 0. The van der Waals surface area contributed by atoms with Gasteiger partial charge >= 0.3 is 0 Å². The molecule has 0 spiro atoms. The Labute approximate surface area is 173 Å². The second-order valence-electron chi connectivity index (χ2n) is 11.4. The number of hydrogen-bond acceptors (Lipinski definition) is 1. The van der Waals surface area contributed by atoms with Gasteiger partial charge in [0.25, 0.3) is 0 Å². The van der Waals surface area contributed by atoms with Gasteiger partial charge in [-0.05, 0) is 91.8 Å². The van der Waals surface area contributed by atoms with Crippen LogP contribution in [0.25, 0.3) is 0 Å². The van der Waals surface area contributed by atoms with E-state index in [2.05, 4.69) is 58.9 Å². The van der Waals surface area contributed by atoms with Gasteiger partial charge in [0.2, 0.25) is 0 Å². The van der Waals surface area contributed by atoms with E-state index in [4.69, 9.17) is 0 Å². The normalized spacial score (nSPS) is 44.0. The molecule has 4 aliphatic carbocycles. The molecule has 0 radical (unpaired) electrons. The van der Waals surface area contributed by atoms with Crippen LogP contribution in [0.2, 0.25) is 0 Å². The zero-order valence-corrected chi connectivity index (χ0v) is 18.9. The topological polar surface area (TPSA) is 20.2 Å². The molecule has 0 saturated heterocycles. The molecule has 3 fully saturated rings. The molecule has 4 aliphatic rings. The molecule has 156 valence electrons. The van der Waals surface area contributed by atoms with Crippen molar-refractivity contribution in [3.63, 3.8) is 0 Å². The molecule has 0 aromatic rings. The maximum absolute atomic E-state index is 10.2. The van der Waals surface area contributed by atoms with E-state index in [1.165, 1.54) is 44.1 Å². The summed E-state index contributed by atoms with van der Waals surface area (Å²) in [6.45, 7) is 12.2. The summed E-state index contributed by atoms with van der Waals surface area (Å²) in [5.74, 6) is 3.78. The molecule has 0 aromatic carbocycles. The molecule has 0 aromatic heterocycles. The van der Waals surface area contributed by atoms with Gasteiger partial charge in [0.15, 0.2) is 0 Å². The second-order valence-corrected chi connectivity index (χ2v) is 11.4. The minimum absolute atomic E-state index is 0.113. The largest absolute Gasteiger partial charge is 0.393 e. The Kier molecular flexibility index (Phi) is 5.45. The van der Waals surface area contributed by atoms with Crippen LogP contribution in [0, 0.1) is 40.4 Å². The van der Waals surface area contributed by atoms with Crippen molar-refractivity contribution in [1.29, 1.82) is 0 Å². The third kappa shape index (κ3) is 3.26. The number of aliphatic hydroxyl groups is 1. The van der Waals surface area contributed by atoms with E-state index in [9.17, 15) is 5.11 Å². The molecule has 4 rings (SSSR count). The van der Waals surface area contributed by atoms with Gasteiger partial charge in [-0.15, -0.1) is 0 Å². The molecular weight excluding hydrogens is 340 g/mol. The van der Waals surface area contributed by atoms with E-state index in [1.807, 2.05) is 0 Å². The highest BCUT2D eigenvalue weighted by Gasteiger charge is 2.56. The van der Waals surface area contributed by atoms with Crippen LogP contribution in [0.4, 0.5) is 0 Å². The molecule has 3 saturated carbocycles. The van der Waals surface area contributed by atoms with E-state index < -0.39 is 0 Å². The smallest absolute Gasteiger partial charge is 0.0578 e. The summed E-state index contributed by atoms with van der Waals surface area (Å²) in [5.41, 5.74) is 4.09. The maximum atomic E-state index is 10.2. The number of allylic oxidation sites excluding steroid dienone is 5. The van der Waals surface area contributed by atoms with Gasteiger partial charge in [0, 0.05) is 0 Å². The fraction of sp³-hybridized carbons (Fsp3) is 0.778. The van der Waals surface area contributed by atoms with Gasteiger partial charge < -0.3 is 5.11 Å². The summed E-state index contributed by atoms with van der Waals surface area (Å²) >= 11 is 0. The van der Waals surface area contributed by atoms with Crippen LogP contribution in [0.15, 0.2) is 35.5 Å². The van der Waals surface area contributed by atoms with Crippen molar-refractivity contribution in [3.05, 3.63) is 35.5 Å². The van der Waals surface area contributed by atoms with Gasteiger partial charge in [-0.2, -0.15) is 0 Å². The Balaban J connectivity index is 1.57. The van der Waals surface area contributed by atoms with Gasteiger partial charge in [0.1, 0.15) is 0 Å². The molecule has 0 aliphatic heterocycles. The summed E-state index contributed by atoms with van der Waals surface area (Å²) in [6.07, 6.45) is 19.6. The van der Waals surface area contributed by atoms with Crippen LogP contribution in [0.1, 0.15) is 86.0 Å². The standard InChI is InChI=1S/C27H42O/c1-18(2)7-6-8-19(3)23-11-12-24-22-10-9-20-17-21(28)13-15-26(20,4)25(22)14-16-27(23,24)5/h6,8-10,18-19,21,23-25,28H,7,11-17H2,1-5H3/t19-,21+,23-,24+,25+,26+,27-/m1/s1. The molecule has 1 N–H and O–H groups in total. The van der Waals surface area contributed by atoms with E-state index in [0.717, 1.165) is 36.5 Å². The zero-order valence-electron chi connectivity index (χ0n) is 18.9. The Morgan fingerprint density at radius 2 is 1.82 bits per heavy atom. The lowest BCUT2D eigenvalue weighted by Crippen LogP contribution is -2.46. The first-order chi connectivity index (χ1) is 13.3. The lowest BCUT2D eigenvalue weighted by atomic mass is 9.50. The second kappa shape index (κ2) is 7.46. The monoisotopic (exact) mass is 382 g/mol. The van der Waals surface area contributed by atoms with Crippen molar-refractivity contribution >= 4 is 0 Å². The first-order valence-electron chi connectivity index (χ1n) is 12.0. The first kappa shape index (κ1) is 20.5. The van der Waals surface area contributed by atoms with E-state index in [-0.39, 0.29) is 6.10 Å². The lowest BCUT2D eigenvalue weighted by molar-refractivity contribution is 0.0383. The summed E-state index contributed by atoms with van der Waals surface area (Å²) in [4.78, 5) is 0. The minimum atomic E-state index is -0.113. The predicted octanol–water partition coefficient (Wildman–Crippen LogP) is 7.08. The van der Waals surface area contributed by atoms with Crippen molar-refractivity contribution in [2.24, 2.45) is 40.4 Å². The summed E-state index contributed by atoms with van der Waals surface area (Å²) in [7, 11) is 0. The highest BCUT2D eigenvalue weighted by molar-refractivity contribution is 5.39. The van der Waals surface area contributed by atoms with E-state index in [1.54, 1.807) is 5.57 Å². The van der Waals surface area contributed by atoms with Crippen LogP contribution < -0.4 is 0 Å². The van der Waals surface area contributed by atoms with Crippen molar-refractivity contribution in [2.45, 2.75) is 92.1 Å². The molecule has 0 heterocycles. The fourth-order valence-corrected chi connectivity index (χ4v) is 7.59. The van der Waals surface area contributed by atoms with Gasteiger partial charge in [0.05, 0.1) is 6.10 Å². The fourth-order valence-electron chi connectivity index (χ4n) is 7.59. The lowest BCUT2D eigenvalue weighted by Gasteiger charge is -2.55. The number of aliphatic hydroxyl groups excluding tert-OH is 1.